The minimum atomic E-state index is -3.60. The second kappa shape index (κ2) is 8.66. The largest absolute Gasteiger partial charge is 0.378 e. The topological polar surface area (TPSA) is 96.5 Å². The van der Waals surface area contributed by atoms with E-state index in [0.717, 1.165) is 39.6 Å². The number of sulfonamides is 1. The second-order valence-electron chi connectivity index (χ2n) is 6.26. The third-order valence-corrected chi connectivity index (χ3v) is 7.74. The van der Waals surface area contributed by atoms with Crippen molar-refractivity contribution < 1.29 is 13.2 Å². The van der Waals surface area contributed by atoms with E-state index in [9.17, 15) is 8.42 Å². The summed E-state index contributed by atoms with van der Waals surface area (Å²) in [6.07, 6.45) is 1.73. The molecule has 2 N–H and O–H groups in total. The summed E-state index contributed by atoms with van der Waals surface area (Å²) >= 11 is 4.44. The summed E-state index contributed by atoms with van der Waals surface area (Å²) in [5.41, 5.74) is 2.24. The highest BCUT2D eigenvalue weighted by atomic mass is 79.9. The molecule has 29 heavy (non-hydrogen) atoms. The molecule has 3 aromatic rings. The third kappa shape index (κ3) is 5.04. The van der Waals surface area contributed by atoms with Crippen LogP contribution in [0.3, 0.4) is 0 Å². The van der Waals surface area contributed by atoms with Gasteiger partial charge >= 0.3 is 0 Å². The van der Waals surface area contributed by atoms with Gasteiger partial charge in [0.1, 0.15) is 4.21 Å². The van der Waals surface area contributed by atoms with E-state index in [1.54, 1.807) is 42.6 Å². The maximum Gasteiger partial charge on any atom is 0.271 e. The Morgan fingerprint density at radius 3 is 2.48 bits per heavy atom. The van der Waals surface area contributed by atoms with E-state index in [1.807, 2.05) is 6.07 Å². The van der Waals surface area contributed by atoms with Gasteiger partial charge in [0, 0.05) is 30.5 Å². The van der Waals surface area contributed by atoms with Crippen LogP contribution in [0.2, 0.25) is 0 Å². The molecule has 0 aliphatic carbocycles. The molecule has 8 nitrogen and oxygen atoms in total. The number of nitrogens with one attached hydrogen (secondary N) is 2. The van der Waals surface area contributed by atoms with E-state index < -0.39 is 10.0 Å². The normalized spacial score (nSPS) is 14.6. The van der Waals surface area contributed by atoms with Gasteiger partial charge in [-0.2, -0.15) is 5.10 Å². The average Bonchev–Trinajstić information content (AvgIpc) is 3.18. The zero-order valence-electron chi connectivity index (χ0n) is 15.2. The van der Waals surface area contributed by atoms with Crippen LogP contribution in [-0.2, 0) is 14.8 Å². The first-order valence-corrected chi connectivity index (χ1v) is 11.9. The third-order valence-electron chi connectivity index (χ3n) is 4.24. The van der Waals surface area contributed by atoms with E-state index >= 15 is 0 Å². The van der Waals surface area contributed by atoms with Gasteiger partial charge in [-0.3, -0.25) is 4.72 Å². The molecule has 0 unspecified atom stereocenters. The Bertz CT molecular complexity index is 1080. The molecule has 0 bridgehead atoms. The molecule has 0 saturated carbocycles. The maximum absolute atomic E-state index is 12.4. The number of aromatic nitrogens is 2. The quantitative estimate of drug-likeness (QED) is 0.538. The van der Waals surface area contributed by atoms with Crippen molar-refractivity contribution in [1.29, 1.82) is 0 Å². The molecule has 0 spiro atoms. The highest BCUT2D eigenvalue weighted by Gasteiger charge is 2.17. The number of benzene rings is 1. The molecule has 0 amide bonds. The number of morpholine rings is 1. The fourth-order valence-electron chi connectivity index (χ4n) is 2.83. The maximum atomic E-state index is 12.4. The van der Waals surface area contributed by atoms with Gasteiger partial charge in [-0.25, -0.2) is 8.42 Å². The molecule has 11 heteroatoms. The molecular weight excluding hydrogens is 478 g/mol. The minimum absolute atomic E-state index is 0.252. The Hall–Kier alpha value is -2.21. The highest BCUT2D eigenvalue weighted by molar-refractivity contribution is 9.11. The molecule has 1 fully saturated rings. The van der Waals surface area contributed by atoms with Gasteiger partial charge in [0.25, 0.3) is 10.0 Å². The molecule has 1 aromatic carbocycles. The lowest BCUT2D eigenvalue weighted by Crippen LogP contribution is -2.36. The second-order valence-corrected chi connectivity index (χ2v) is 10.6. The summed E-state index contributed by atoms with van der Waals surface area (Å²) in [5, 5.41) is 11.4. The Morgan fingerprint density at radius 1 is 1.07 bits per heavy atom. The standard InChI is InChI=1S/C18H18BrN5O3S2/c19-16-5-6-18(28-16)29(25,26)23-14-3-1-13(2-4-14)21-17-11-15(12-20-22-17)24-7-9-27-10-8-24/h1-6,11-12,23H,7-10H2,(H,21,22). The van der Waals surface area contributed by atoms with Crippen molar-refractivity contribution >= 4 is 60.2 Å². The number of halogens is 1. The van der Waals surface area contributed by atoms with Crippen molar-refractivity contribution in [1.82, 2.24) is 10.2 Å². The van der Waals surface area contributed by atoms with Crippen molar-refractivity contribution in [2.24, 2.45) is 0 Å². The first-order chi connectivity index (χ1) is 14.0. The van der Waals surface area contributed by atoms with Gasteiger partial charge in [-0.05, 0) is 52.3 Å². The van der Waals surface area contributed by atoms with Gasteiger partial charge < -0.3 is 15.0 Å². The number of ether oxygens (including phenoxy) is 1. The lowest BCUT2D eigenvalue weighted by Gasteiger charge is -2.28. The molecule has 3 heterocycles. The summed E-state index contributed by atoms with van der Waals surface area (Å²) in [6, 6.07) is 12.2. The zero-order chi connectivity index (χ0) is 20.3. The lowest BCUT2D eigenvalue weighted by atomic mass is 10.3. The van der Waals surface area contributed by atoms with Gasteiger partial charge in [-0.15, -0.1) is 16.4 Å². The number of nitrogens with zero attached hydrogens (tertiary/aromatic N) is 3. The van der Waals surface area contributed by atoms with E-state index in [1.165, 1.54) is 0 Å². The fraction of sp³-hybridized carbons (Fsp3) is 0.222. The lowest BCUT2D eigenvalue weighted by molar-refractivity contribution is 0.122. The molecule has 2 aromatic heterocycles. The molecule has 4 rings (SSSR count). The highest BCUT2D eigenvalue weighted by Crippen LogP contribution is 2.28. The van der Waals surface area contributed by atoms with Crippen LogP contribution in [-0.4, -0.2) is 44.9 Å². The van der Waals surface area contributed by atoms with Gasteiger partial charge in [0.05, 0.1) is 28.9 Å². The van der Waals surface area contributed by atoms with Crippen LogP contribution in [0.4, 0.5) is 22.9 Å². The molecule has 0 atom stereocenters. The Labute approximate surface area is 181 Å². The predicted molar refractivity (Wildman–Crippen MR) is 118 cm³/mol. The van der Waals surface area contributed by atoms with Crippen molar-refractivity contribution in [2.45, 2.75) is 4.21 Å². The van der Waals surface area contributed by atoms with Gasteiger partial charge in [0.2, 0.25) is 0 Å². The van der Waals surface area contributed by atoms with Crippen LogP contribution in [0.15, 0.2) is 56.7 Å². The summed E-state index contributed by atoms with van der Waals surface area (Å²) in [7, 11) is -3.60. The molecule has 152 valence electrons. The van der Waals surface area contributed by atoms with Crippen LogP contribution in [0, 0.1) is 0 Å². The number of hydrogen-bond donors (Lipinski definition) is 2. The van der Waals surface area contributed by atoms with Crippen LogP contribution < -0.4 is 14.9 Å². The summed E-state index contributed by atoms with van der Waals surface area (Å²) in [5.74, 6) is 0.616. The molecule has 1 saturated heterocycles. The summed E-state index contributed by atoms with van der Waals surface area (Å²) in [6.45, 7) is 3.04. The van der Waals surface area contributed by atoms with Crippen LogP contribution >= 0.6 is 27.3 Å². The van der Waals surface area contributed by atoms with Crippen LogP contribution in [0.25, 0.3) is 0 Å². The van der Waals surface area contributed by atoms with Crippen molar-refractivity contribution in [3.63, 3.8) is 0 Å². The summed E-state index contributed by atoms with van der Waals surface area (Å²) in [4.78, 5) is 2.20. The fourth-order valence-corrected chi connectivity index (χ4v) is 5.90. The van der Waals surface area contributed by atoms with Crippen LogP contribution in [0.1, 0.15) is 0 Å². The average molecular weight is 496 g/mol. The zero-order valence-corrected chi connectivity index (χ0v) is 18.4. The number of rotatable bonds is 6. The molecule has 0 radical (unpaired) electrons. The summed E-state index contributed by atoms with van der Waals surface area (Å²) < 4.78 is 33.8. The Kier molecular flexibility index (Phi) is 5.99. The smallest absolute Gasteiger partial charge is 0.271 e. The van der Waals surface area contributed by atoms with E-state index in [2.05, 4.69) is 41.1 Å². The van der Waals surface area contributed by atoms with E-state index in [4.69, 9.17) is 4.74 Å². The monoisotopic (exact) mass is 495 g/mol. The first kappa shape index (κ1) is 20.1. The molecular formula is C18H18BrN5O3S2. The molecule has 1 aliphatic heterocycles. The minimum Gasteiger partial charge on any atom is -0.378 e. The van der Waals surface area contributed by atoms with Crippen LogP contribution in [0.5, 0.6) is 0 Å². The molecule has 1 aliphatic rings. The van der Waals surface area contributed by atoms with Crippen molar-refractivity contribution in [3.8, 4) is 0 Å². The van der Waals surface area contributed by atoms with Gasteiger partial charge in [-0.1, -0.05) is 0 Å². The Morgan fingerprint density at radius 2 is 1.79 bits per heavy atom. The van der Waals surface area contributed by atoms with Crippen molar-refractivity contribution in [3.05, 3.63) is 52.4 Å². The number of anilines is 4. The predicted octanol–water partition coefficient (Wildman–Crippen LogP) is 3.68. The van der Waals surface area contributed by atoms with E-state index in [-0.39, 0.29) is 4.21 Å². The Balaban J connectivity index is 1.43. The van der Waals surface area contributed by atoms with Crippen molar-refractivity contribution in [2.75, 3.05) is 41.2 Å². The van der Waals surface area contributed by atoms with E-state index in [0.29, 0.717) is 24.7 Å². The first-order valence-electron chi connectivity index (χ1n) is 8.80. The SMILES string of the molecule is O=S(=O)(Nc1ccc(Nc2cc(N3CCOCC3)cnn2)cc1)c1ccc(Br)s1. The number of hydrogen-bond acceptors (Lipinski definition) is 8. The van der Waals surface area contributed by atoms with Gasteiger partial charge in [0.15, 0.2) is 5.82 Å². The number of thiophene rings is 1.